The van der Waals surface area contributed by atoms with Crippen LogP contribution in [0.3, 0.4) is 0 Å². The zero-order chi connectivity index (χ0) is 18.9. The van der Waals surface area contributed by atoms with E-state index in [-0.39, 0.29) is 5.91 Å². The third-order valence-corrected chi connectivity index (χ3v) is 5.12. The van der Waals surface area contributed by atoms with Crippen LogP contribution in [0, 0.1) is 0 Å². The molecule has 1 N–H and O–H groups in total. The number of carbonyl (C=O) groups is 1. The summed E-state index contributed by atoms with van der Waals surface area (Å²) >= 11 is 0. The average Bonchev–Trinajstić information content (AvgIpc) is 3.14. The van der Waals surface area contributed by atoms with Crippen molar-refractivity contribution >= 4 is 11.6 Å². The Labute approximate surface area is 162 Å². The maximum atomic E-state index is 12.1. The molecule has 0 spiro atoms. The number of amides is 1. The summed E-state index contributed by atoms with van der Waals surface area (Å²) in [5.41, 5.74) is 4.00. The Bertz CT molecular complexity index is 717. The molecule has 0 aliphatic carbocycles. The number of ether oxygens (including phenoxy) is 1. The smallest absolute Gasteiger partial charge is 0.220 e. The second kappa shape index (κ2) is 10.1. The molecule has 0 aromatic heterocycles. The molecule has 2 aromatic carbocycles. The second-order valence-electron chi connectivity index (χ2n) is 7.18. The van der Waals surface area contributed by atoms with Gasteiger partial charge in [0.2, 0.25) is 5.91 Å². The third kappa shape index (κ3) is 5.83. The number of carbonyl (C=O) groups excluding carboxylic acids is 1. The number of nitrogens with one attached hydrogen (secondary N) is 1. The lowest BCUT2D eigenvalue weighted by Crippen LogP contribution is -2.41. The van der Waals surface area contributed by atoms with Crippen molar-refractivity contribution in [2.45, 2.75) is 38.6 Å². The predicted molar refractivity (Wildman–Crippen MR) is 110 cm³/mol. The van der Waals surface area contributed by atoms with Crippen LogP contribution >= 0.6 is 0 Å². The van der Waals surface area contributed by atoms with Crippen LogP contribution in [0.2, 0.25) is 0 Å². The first-order chi connectivity index (χ1) is 13.2. The van der Waals surface area contributed by atoms with Crippen LogP contribution in [0.1, 0.15) is 30.9 Å². The first-order valence-electron chi connectivity index (χ1n) is 9.97. The number of para-hydroxylation sites is 1. The highest BCUT2D eigenvalue weighted by atomic mass is 16.5. The van der Waals surface area contributed by atoms with Gasteiger partial charge in [0.25, 0.3) is 0 Å². The van der Waals surface area contributed by atoms with E-state index in [0.717, 1.165) is 25.8 Å². The normalized spacial score (nSPS) is 14.0. The van der Waals surface area contributed by atoms with Crippen LogP contribution in [0.4, 0.5) is 5.69 Å². The quantitative estimate of drug-likeness (QED) is 0.654. The standard InChI is InChI=1S/C23H30N2O2/c1-19(25-15-13-21-10-5-6-11-22(21)25)18-24-23(26)12-7-16-27-17-14-20-8-3-2-4-9-20/h2-6,8-11,19H,7,12-18H2,1H3,(H,24,26). The molecule has 1 aliphatic heterocycles. The van der Waals surface area contributed by atoms with E-state index >= 15 is 0 Å². The molecule has 0 radical (unpaired) electrons. The number of hydrogen-bond acceptors (Lipinski definition) is 3. The van der Waals surface area contributed by atoms with E-state index in [0.29, 0.717) is 32.2 Å². The number of hydrogen-bond donors (Lipinski definition) is 1. The van der Waals surface area contributed by atoms with E-state index in [1.54, 1.807) is 0 Å². The number of anilines is 1. The molecular weight excluding hydrogens is 336 g/mol. The van der Waals surface area contributed by atoms with Crippen molar-refractivity contribution in [2.75, 3.05) is 31.2 Å². The minimum Gasteiger partial charge on any atom is -0.381 e. The molecule has 144 valence electrons. The van der Waals surface area contributed by atoms with Gasteiger partial charge in [-0.25, -0.2) is 0 Å². The summed E-state index contributed by atoms with van der Waals surface area (Å²) in [7, 11) is 0. The SMILES string of the molecule is CC(CNC(=O)CCCOCCc1ccccc1)N1CCc2ccccc21. The minimum absolute atomic E-state index is 0.112. The zero-order valence-electron chi connectivity index (χ0n) is 16.2. The highest BCUT2D eigenvalue weighted by Crippen LogP contribution is 2.28. The molecule has 3 rings (SSSR count). The van der Waals surface area contributed by atoms with E-state index in [1.807, 2.05) is 18.2 Å². The second-order valence-corrected chi connectivity index (χ2v) is 7.18. The van der Waals surface area contributed by atoms with E-state index < -0.39 is 0 Å². The van der Waals surface area contributed by atoms with E-state index in [1.165, 1.54) is 16.8 Å². The molecule has 0 bridgehead atoms. The van der Waals surface area contributed by atoms with Crippen molar-refractivity contribution < 1.29 is 9.53 Å². The Hall–Kier alpha value is -2.33. The summed E-state index contributed by atoms with van der Waals surface area (Å²) in [6, 6.07) is 19.2. The van der Waals surface area contributed by atoms with Crippen molar-refractivity contribution in [3.05, 3.63) is 65.7 Å². The van der Waals surface area contributed by atoms with Gasteiger partial charge < -0.3 is 15.0 Å². The largest absolute Gasteiger partial charge is 0.381 e. The van der Waals surface area contributed by atoms with Gasteiger partial charge in [0.1, 0.15) is 0 Å². The molecule has 0 saturated carbocycles. The zero-order valence-corrected chi connectivity index (χ0v) is 16.2. The average molecular weight is 367 g/mol. The highest BCUT2D eigenvalue weighted by molar-refractivity contribution is 5.76. The van der Waals surface area contributed by atoms with Crippen molar-refractivity contribution in [2.24, 2.45) is 0 Å². The Morgan fingerprint density at radius 3 is 2.74 bits per heavy atom. The summed E-state index contributed by atoms with van der Waals surface area (Å²) < 4.78 is 5.65. The number of fused-ring (bicyclic) bond motifs is 1. The van der Waals surface area contributed by atoms with E-state index in [9.17, 15) is 4.79 Å². The van der Waals surface area contributed by atoms with Crippen LogP contribution in [0.25, 0.3) is 0 Å². The van der Waals surface area contributed by atoms with Gasteiger partial charge in [0.05, 0.1) is 6.61 Å². The monoisotopic (exact) mass is 366 g/mol. The first kappa shape index (κ1) is 19.4. The lowest BCUT2D eigenvalue weighted by molar-refractivity contribution is -0.121. The van der Waals surface area contributed by atoms with Gasteiger partial charge in [0, 0.05) is 37.8 Å². The Morgan fingerprint density at radius 2 is 1.89 bits per heavy atom. The number of nitrogens with zero attached hydrogens (tertiary/aromatic N) is 1. The fraction of sp³-hybridized carbons (Fsp3) is 0.435. The van der Waals surface area contributed by atoms with Crippen LogP contribution in [-0.4, -0.2) is 38.3 Å². The van der Waals surface area contributed by atoms with Crippen LogP contribution in [0.5, 0.6) is 0 Å². The lowest BCUT2D eigenvalue weighted by atomic mass is 10.2. The molecule has 0 fully saturated rings. The van der Waals surface area contributed by atoms with Gasteiger partial charge in [-0.05, 0) is 43.4 Å². The Balaban J connectivity index is 1.27. The molecule has 1 amide bonds. The third-order valence-electron chi connectivity index (χ3n) is 5.12. The Kier molecular flexibility index (Phi) is 7.28. The summed E-state index contributed by atoms with van der Waals surface area (Å²) in [5.74, 6) is 0.112. The number of rotatable bonds is 10. The lowest BCUT2D eigenvalue weighted by Gasteiger charge is -2.27. The van der Waals surface area contributed by atoms with Crippen LogP contribution < -0.4 is 10.2 Å². The van der Waals surface area contributed by atoms with E-state index in [2.05, 4.69) is 53.5 Å². The van der Waals surface area contributed by atoms with Gasteiger partial charge in [-0.15, -0.1) is 0 Å². The van der Waals surface area contributed by atoms with Gasteiger partial charge >= 0.3 is 0 Å². The molecule has 4 nitrogen and oxygen atoms in total. The molecular formula is C23H30N2O2. The molecule has 4 heteroatoms. The van der Waals surface area contributed by atoms with Gasteiger partial charge in [-0.1, -0.05) is 48.5 Å². The molecule has 0 saturated heterocycles. The van der Waals surface area contributed by atoms with Crippen molar-refractivity contribution in [3.8, 4) is 0 Å². The molecule has 1 heterocycles. The maximum Gasteiger partial charge on any atom is 0.220 e. The minimum atomic E-state index is 0.112. The summed E-state index contributed by atoms with van der Waals surface area (Å²) in [6.45, 7) is 5.23. The topological polar surface area (TPSA) is 41.6 Å². The summed E-state index contributed by atoms with van der Waals surface area (Å²) in [5, 5.41) is 3.07. The molecule has 1 aliphatic rings. The van der Waals surface area contributed by atoms with Crippen LogP contribution in [0.15, 0.2) is 54.6 Å². The van der Waals surface area contributed by atoms with Crippen molar-refractivity contribution in [3.63, 3.8) is 0 Å². The fourth-order valence-corrected chi connectivity index (χ4v) is 3.55. The fourth-order valence-electron chi connectivity index (χ4n) is 3.55. The van der Waals surface area contributed by atoms with E-state index in [4.69, 9.17) is 4.74 Å². The highest BCUT2D eigenvalue weighted by Gasteiger charge is 2.22. The summed E-state index contributed by atoms with van der Waals surface area (Å²) in [6.07, 6.45) is 3.30. The van der Waals surface area contributed by atoms with Gasteiger partial charge in [0.15, 0.2) is 0 Å². The summed E-state index contributed by atoms with van der Waals surface area (Å²) in [4.78, 5) is 14.5. The Morgan fingerprint density at radius 1 is 1.11 bits per heavy atom. The molecule has 1 unspecified atom stereocenters. The molecule has 1 atom stereocenters. The predicted octanol–water partition coefficient (Wildman–Crippen LogP) is 3.59. The maximum absolute atomic E-state index is 12.1. The van der Waals surface area contributed by atoms with Gasteiger partial charge in [-0.2, -0.15) is 0 Å². The number of benzene rings is 2. The van der Waals surface area contributed by atoms with Crippen LogP contribution in [-0.2, 0) is 22.4 Å². The molecule has 2 aromatic rings. The van der Waals surface area contributed by atoms with Gasteiger partial charge in [-0.3, -0.25) is 4.79 Å². The van der Waals surface area contributed by atoms with Crippen molar-refractivity contribution in [1.29, 1.82) is 0 Å². The molecule has 27 heavy (non-hydrogen) atoms. The first-order valence-corrected chi connectivity index (χ1v) is 9.97. The van der Waals surface area contributed by atoms with Crippen molar-refractivity contribution in [1.82, 2.24) is 5.32 Å².